The van der Waals surface area contributed by atoms with Gasteiger partial charge >= 0.3 is 0 Å². The summed E-state index contributed by atoms with van der Waals surface area (Å²) < 4.78 is 8.14. The highest BCUT2D eigenvalue weighted by Crippen LogP contribution is 2.32. The first-order valence-corrected chi connectivity index (χ1v) is 8.74. The molecule has 2 atom stereocenters. The van der Waals surface area contributed by atoms with Crippen LogP contribution in [-0.4, -0.2) is 21.6 Å². The Morgan fingerprint density at radius 2 is 1.54 bits per heavy atom. The Morgan fingerprint density at radius 3 is 2.27 bits per heavy atom. The van der Waals surface area contributed by atoms with E-state index < -0.39 is 0 Å². The second kappa shape index (κ2) is 7.10. The molecule has 0 saturated carbocycles. The minimum atomic E-state index is -0.253. The summed E-state index contributed by atoms with van der Waals surface area (Å²) >= 11 is 0. The first kappa shape index (κ1) is 16.5. The number of pyridine rings is 1. The molecule has 0 bridgehead atoms. The topological polar surface area (TPSA) is 39.9 Å². The summed E-state index contributed by atoms with van der Waals surface area (Å²) in [5.74, 6) is 0.899. The van der Waals surface area contributed by atoms with E-state index >= 15 is 0 Å². The van der Waals surface area contributed by atoms with E-state index in [2.05, 4.69) is 52.9 Å². The summed E-state index contributed by atoms with van der Waals surface area (Å²) in [4.78, 5) is 9.05. The summed E-state index contributed by atoms with van der Waals surface area (Å²) in [7, 11) is 1.72. The second-order valence-electron chi connectivity index (χ2n) is 6.31. The highest BCUT2D eigenvalue weighted by atomic mass is 16.5. The van der Waals surface area contributed by atoms with Crippen LogP contribution in [0.1, 0.15) is 36.0 Å². The van der Waals surface area contributed by atoms with Crippen molar-refractivity contribution in [3.8, 4) is 0 Å². The van der Waals surface area contributed by atoms with Gasteiger partial charge in [-0.05, 0) is 42.3 Å². The van der Waals surface area contributed by atoms with Gasteiger partial charge < -0.3 is 9.30 Å². The molecule has 4 nitrogen and oxygen atoms in total. The zero-order valence-electron chi connectivity index (χ0n) is 14.9. The van der Waals surface area contributed by atoms with Crippen LogP contribution in [-0.2, 0) is 4.74 Å². The van der Waals surface area contributed by atoms with Crippen molar-refractivity contribution in [3.05, 3.63) is 96.1 Å². The molecule has 2 aromatic carbocycles. The molecule has 0 saturated heterocycles. The summed E-state index contributed by atoms with van der Waals surface area (Å²) in [6, 6.07) is 22.8. The van der Waals surface area contributed by atoms with Crippen LogP contribution < -0.4 is 0 Å². The van der Waals surface area contributed by atoms with Crippen molar-refractivity contribution in [3.63, 3.8) is 0 Å². The molecule has 0 aliphatic rings. The quantitative estimate of drug-likeness (QED) is 0.524. The third kappa shape index (κ3) is 2.89. The summed E-state index contributed by atoms with van der Waals surface area (Å²) in [5, 5.41) is 0. The lowest BCUT2D eigenvalue weighted by atomic mass is 10.1. The van der Waals surface area contributed by atoms with Gasteiger partial charge in [-0.3, -0.25) is 4.98 Å². The monoisotopic (exact) mass is 343 g/mol. The minimum Gasteiger partial charge on any atom is -0.369 e. The molecule has 0 radical (unpaired) electrons. The SMILES string of the molecule is COC(c1ccncc1)c1nc2ccccc2n1[C@H](C)c1ccccc1. The lowest BCUT2D eigenvalue weighted by Gasteiger charge is -2.22. The Kier molecular flexibility index (Phi) is 4.50. The number of hydrogen-bond acceptors (Lipinski definition) is 3. The molecule has 4 aromatic rings. The maximum absolute atomic E-state index is 5.87. The van der Waals surface area contributed by atoms with Crippen LogP contribution in [0.2, 0.25) is 0 Å². The number of ether oxygens (including phenoxy) is 1. The predicted octanol–water partition coefficient (Wildman–Crippen LogP) is 4.78. The minimum absolute atomic E-state index is 0.137. The van der Waals surface area contributed by atoms with Crippen molar-refractivity contribution in [1.29, 1.82) is 0 Å². The van der Waals surface area contributed by atoms with Crippen molar-refractivity contribution in [1.82, 2.24) is 14.5 Å². The Hall–Kier alpha value is -2.98. The molecule has 1 unspecified atom stereocenters. The maximum atomic E-state index is 5.87. The number of hydrogen-bond donors (Lipinski definition) is 0. The van der Waals surface area contributed by atoms with Gasteiger partial charge in [0.05, 0.1) is 17.1 Å². The van der Waals surface area contributed by atoms with Crippen molar-refractivity contribution in [2.75, 3.05) is 7.11 Å². The van der Waals surface area contributed by atoms with Gasteiger partial charge in [-0.2, -0.15) is 0 Å². The van der Waals surface area contributed by atoms with E-state index in [0.717, 1.165) is 22.4 Å². The lowest BCUT2D eigenvalue weighted by Crippen LogP contribution is -2.16. The smallest absolute Gasteiger partial charge is 0.144 e. The van der Waals surface area contributed by atoms with Crippen molar-refractivity contribution < 1.29 is 4.74 Å². The van der Waals surface area contributed by atoms with E-state index in [0.29, 0.717) is 0 Å². The number of aromatic nitrogens is 3. The fourth-order valence-electron chi connectivity index (χ4n) is 3.46. The molecule has 4 rings (SSSR count). The van der Waals surface area contributed by atoms with Crippen LogP contribution in [0.5, 0.6) is 0 Å². The van der Waals surface area contributed by atoms with Gasteiger partial charge in [0.15, 0.2) is 0 Å². The number of benzene rings is 2. The zero-order valence-corrected chi connectivity index (χ0v) is 14.9. The van der Waals surface area contributed by atoms with Crippen LogP contribution in [0, 0.1) is 0 Å². The maximum Gasteiger partial charge on any atom is 0.144 e. The molecule has 2 heterocycles. The van der Waals surface area contributed by atoms with Crippen molar-refractivity contribution >= 4 is 11.0 Å². The van der Waals surface area contributed by atoms with E-state index in [-0.39, 0.29) is 12.1 Å². The first-order valence-electron chi connectivity index (χ1n) is 8.74. The van der Waals surface area contributed by atoms with E-state index in [1.165, 1.54) is 5.56 Å². The molecule has 130 valence electrons. The number of methoxy groups -OCH3 is 1. The molecule has 0 spiro atoms. The fraction of sp³-hybridized carbons (Fsp3) is 0.182. The average Bonchev–Trinajstić information content (AvgIpc) is 3.08. The number of para-hydroxylation sites is 2. The summed E-state index contributed by atoms with van der Waals surface area (Å²) in [5.41, 5.74) is 4.36. The molecule has 0 aliphatic heterocycles. The lowest BCUT2D eigenvalue weighted by molar-refractivity contribution is 0.125. The number of fused-ring (bicyclic) bond motifs is 1. The molecule has 0 amide bonds. The van der Waals surface area contributed by atoms with Gasteiger partial charge in [0.2, 0.25) is 0 Å². The van der Waals surface area contributed by atoms with Gasteiger partial charge in [-0.25, -0.2) is 4.98 Å². The van der Waals surface area contributed by atoms with E-state index in [1.807, 2.05) is 30.3 Å². The van der Waals surface area contributed by atoms with Crippen LogP contribution in [0.4, 0.5) is 0 Å². The van der Waals surface area contributed by atoms with Crippen LogP contribution in [0.25, 0.3) is 11.0 Å². The van der Waals surface area contributed by atoms with Crippen LogP contribution in [0.3, 0.4) is 0 Å². The molecule has 0 N–H and O–H groups in total. The van der Waals surface area contributed by atoms with Crippen LogP contribution in [0.15, 0.2) is 79.1 Å². The number of rotatable bonds is 5. The average molecular weight is 343 g/mol. The molecule has 0 aliphatic carbocycles. The summed E-state index contributed by atoms with van der Waals surface area (Å²) in [6.45, 7) is 2.20. The molecular formula is C22H21N3O. The second-order valence-corrected chi connectivity index (χ2v) is 6.31. The largest absolute Gasteiger partial charge is 0.369 e. The van der Waals surface area contributed by atoms with E-state index in [1.54, 1.807) is 19.5 Å². The van der Waals surface area contributed by atoms with Gasteiger partial charge in [0, 0.05) is 19.5 Å². The number of nitrogens with zero attached hydrogens (tertiary/aromatic N) is 3. The fourth-order valence-corrected chi connectivity index (χ4v) is 3.46. The third-order valence-electron chi connectivity index (χ3n) is 4.77. The Bertz CT molecular complexity index is 996. The molecule has 0 fully saturated rings. The van der Waals surface area contributed by atoms with Gasteiger partial charge in [-0.1, -0.05) is 42.5 Å². The Morgan fingerprint density at radius 1 is 0.846 bits per heavy atom. The van der Waals surface area contributed by atoms with Gasteiger partial charge in [-0.15, -0.1) is 0 Å². The van der Waals surface area contributed by atoms with Gasteiger partial charge in [0.1, 0.15) is 11.9 Å². The third-order valence-corrected chi connectivity index (χ3v) is 4.77. The molecular weight excluding hydrogens is 322 g/mol. The van der Waals surface area contributed by atoms with Gasteiger partial charge in [0.25, 0.3) is 0 Å². The normalized spacial score (nSPS) is 13.6. The van der Waals surface area contributed by atoms with Crippen LogP contribution >= 0.6 is 0 Å². The standard InChI is InChI=1S/C22H21N3O/c1-16(17-8-4-3-5-9-17)25-20-11-7-6-10-19(20)24-22(25)21(26-2)18-12-14-23-15-13-18/h3-16,21H,1-2H3/t16-,21?/m1/s1. The molecule has 2 aromatic heterocycles. The molecule has 4 heteroatoms. The number of imidazole rings is 1. The van der Waals surface area contributed by atoms with E-state index in [9.17, 15) is 0 Å². The Balaban J connectivity index is 1.92. The molecule has 26 heavy (non-hydrogen) atoms. The zero-order chi connectivity index (χ0) is 17.9. The summed E-state index contributed by atoms with van der Waals surface area (Å²) in [6.07, 6.45) is 3.32. The highest BCUT2D eigenvalue weighted by molar-refractivity contribution is 5.76. The first-order chi connectivity index (χ1) is 12.8. The predicted molar refractivity (Wildman–Crippen MR) is 103 cm³/mol. The highest BCUT2D eigenvalue weighted by Gasteiger charge is 2.24. The van der Waals surface area contributed by atoms with Crippen molar-refractivity contribution in [2.45, 2.75) is 19.1 Å². The Labute approximate surface area is 153 Å². The van der Waals surface area contributed by atoms with E-state index in [4.69, 9.17) is 9.72 Å². The van der Waals surface area contributed by atoms with Crippen molar-refractivity contribution in [2.24, 2.45) is 0 Å².